The molecule has 0 aliphatic rings. The summed E-state index contributed by atoms with van der Waals surface area (Å²) in [7, 11) is 0. The number of pyridine rings is 1. The molecule has 0 aromatic carbocycles. The lowest BCUT2D eigenvalue weighted by molar-refractivity contribution is -0.137. The summed E-state index contributed by atoms with van der Waals surface area (Å²) in [6.07, 6.45) is 1.91. The molecule has 1 heterocycles. The van der Waals surface area contributed by atoms with Crippen LogP contribution in [0.1, 0.15) is 44.5 Å². The Labute approximate surface area is 131 Å². The minimum Gasteiger partial charge on any atom is -0.503 e. The van der Waals surface area contributed by atoms with Crippen LogP contribution in [-0.2, 0) is 17.9 Å². The van der Waals surface area contributed by atoms with Gasteiger partial charge in [0.05, 0.1) is 12.1 Å². The third-order valence-electron chi connectivity index (χ3n) is 3.60. The molecular weight excluding hydrogens is 284 g/mol. The van der Waals surface area contributed by atoms with Crippen LogP contribution in [0.3, 0.4) is 0 Å². The highest BCUT2D eigenvalue weighted by molar-refractivity contribution is 5.66. The summed E-state index contributed by atoms with van der Waals surface area (Å²) in [5.74, 6) is -1.17. The standard InChI is InChI=1S/C16H26N2O4/c1-4-7-17(8-5-2)11-13-16(22)14(19)10-12(3)18(13)9-6-15(20)21/h10,22H,4-9,11H2,1-3H3,(H,20,21). The molecule has 1 aromatic rings. The largest absolute Gasteiger partial charge is 0.503 e. The van der Waals surface area contributed by atoms with Gasteiger partial charge in [0.15, 0.2) is 5.75 Å². The van der Waals surface area contributed by atoms with Crippen molar-refractivity contribution >= 4 is 5.97 Å². The zero-order valence-corrected chi connectivity index (χ0v) is 13.6. The highest BCUT2D eigenvalue weighted by atomic mass is 16.4. The van der Waals surface area contributed by atoms with Gasteiger partial charge < -0.3 is 14.8 Å². The zero-order valence-electron chi connectivity index (χ0n) is 13.6. The molecule has 0 saturated heterocycles. The fraction of sp³-hybridized carbons (Fsp3) is 0.625. The second-order valence-corrected chi connectivity index (χ2v) is 5.52. The predicted octanol–water partition coefficient (Wildman–Crippen LogP) is 1.96. The quantitative estimate of drug-likeness (QED) is 0.728. The van der Waals surface area contributed by atoms with E-state index >= 15 is 0 Å². The fourth-order valence-corrected chi connectivity index (χ4v) is 2.61. The summed E-state index contributed by atoms with van der Waals surface area (Å²) in [5, 5.41) is 19.0. The molecule has 0 spiro atoms. The SMILES string of the molecule is CCCN(CCC)Cc1c(O)c(=O)cc(C)n1CCC(=O)O. The van der Waals surface area contributed by atoms with Crippen LogP contribution in [0.4, 0.5) is 0 Å². The number of carboxylic acid groups (broad SMARTS) is 1. The van der Waals surface area contributed by atoms with Gasteiger partial charge in [-0.25, -0.2) is 0 Å². The lowest BCUT2D eigenvalue weighted by atomic mass is 10.2. The average Bonchev–Trinajstić information content (AvgIpc) is 2.44. The van der Waals surface area contributed by atoms with Crippen LogP contribution in [0.5, 0.6) is 5.75 Å². The summed E-state index contributed by atoms with van der Waals surface area (Å²) < 4.78 is 1.74. The second kappa shape index (κ2) is 8.58. The normalized spacial score (nSPS) is 11.1. The molecule has 1 aromatic heterocycles. The Bertz CT molecular complexity index is 560. The highest BCUT2D eigenvalue weighted by Gasteiger charge is 2.16. The van der Waals surface area contributed by atoms with Crippen molar-refractivity contribution in [2.45, 2.75) is 53.1 Å². The van der Waals surface area contributed by atoms with Gasteiger partial charge in [-0.1, -0.05) is 13.8 Å². The monoisotopic (exact) mass is 310 g/mol. The van der Waals surface area contributed by atoms with E-state index in [0.717, 1.165) is 25.9 Å². The van der Waals surface area contributed by atoms with Gasteiger partial charge in [-0.2, -0.15) is 0 Å². The molecule has 0 saturated carbocycles. The topological polar surface area (TPSA) is 82.8 Å². The first-order valence-electron chi connectivity index (χ1n) is 7.77. The van der Waals surface area contributed by atoms with Gasteiger partial charge in [0.25, 0.3) is 0 Å². The molecule has 0 aliphatic carbocycles. The number of aromatic nitrogens is 1. The number of hydrogen-bond acceptors (Lipinski definition) is 4. The summed E-state index contributed by atoms with van der Waals surface area (Å²) in [6, 6.07) is 1.35. The van der Waals surface area contributed by atoms with Crippen molar-refractivity contribution in [1.82, 2.24) is 9.47 Å². The Balaban J connectivity index is 3.17. The fourth-order valence-electron chi connectivity index (χ4n) is 2.61. The van der Waals surface area contributed by atoms with E-state index in [0.29, 0.717) is 17.9 Å². The minimum absolute atomic E-state index is 0.0439. The number of rotatable bonds is 9. The number of aliphatic carboxylic acids is 1. The lowest BCUT2D eigenvalue weighted by Gasteiger charge is -2.25. The maximum atomic E-state index is 11.9. The predicted molar refractivity (Wildman–Crippen MR) is 85.2 cm³/mol. The van der Waals surface area contributed by atoms with Crippen LogP contribution in [-0.4, -0.2) is 38.7 Å². The molecule has 0 unspecified atom stereocenters. The Morgan fingerprint density at radius 2 is 1.86 bits per heavy atom. The molecule has 2 N–H and O–H groups in total. The first kappa shape index (κ1) is 18.2. The van der Waals surface area contributed by atoms with Crippen molar-refractivity contribution < 1.29 is 15.0 Å². The number of carbonyl (C=O) groups is 1. The van der Waals surface area contributed by atoms with Gasteiger partial charge in [-0.05, 0) is 32.9 Å². The molecule has 6 nitrogen and oxygen atoms in total. The van der Waals surface area contributed by atoms with Crippen molar-refractivity contribution in [2.24, 2.45) is 0 Å². The Hall–Kier alpha value is -1.82. The molecule has 6 heteroatoms. The van der Waals surface area contributed by atoms with Crippen LogP contribution in [0, 0.1) is 6.92 Å². The molecular formula is C16H26N2O4. The van der Waals surface area contributed by atoms with Gasteiger partial charge in [-0.15, -0.1) is 0 Å². The van der Waals surface area contributed by atoms with Crippen LogP contribution in [0.2, 0.25) is 0 Å². The minimum atomic E-state index is -0.900. The van der Waals surface area contributed by atoms with Crippen LogP contribution < -0.4 is 5.43 Å². The maximum Gasteiger partial charge on any atom is 0.305 e. The lowest BCUT2D eigenvalue weighted by Crippen LogP contribution is -2.29. The second-order valence-electron chi connectivity index (χ2n) is 5.52. The van der Waals surface area contributed by atoms with Crippen LogP contribution in [0.15, 0.2) is 10.9 Å². The van der Waals surface area contributed by atoms with E-state index in [4.69, 9.17) is 5.11 Å². The Morgan fingerprint density at radius 3 is 2.36 bits per heavy atom. The molecule has 0 fully saturated rings. The van der Waals surface area contributed by atoms with E-state index < -0.39 is 11.4 Å². The van der Waals surface area contributed by atoms with Gasteiger partial charge in [0, 0.05) is 24.8 Å². The van der Waals surface area contributed by atoms with E-state index in [2.05, 4.69) is 18.7 Å². The maximum absolute atomic E-state index is 11.9. The van der Waals surface area contributed by atoms with Crippen molar-refractivity contribution in [3.05, 3.63) is 27.7 Å². The molecule has 22 heavy (non-hydrogen) atoms. The first-order chi connectivity index (χ1) is 10.4. The molecule has 0 aliphatic heterocycles. The number of nitrogens with zero attached hydrogens (tertiary/aromatic N) is 2. The smallest absolute Gasteiger partial charge is 0.305 e. The van der Waals surface area contributed by atoms with Crippen molar-refractivity contribution in [2.75, 3.05) is 13.1 Å². The highest BCUT2D eigenvalue weighted by Crippen LogP contribution is 2.18. The average molecular weight is 310 g/mol. The van der Waals surface area contributed by atoms with Crippen molar-refractivity contribution in [1.29, 1.82) is 0 Å². The van der Waals surface area contributed by atoms with E-state index in [1.54, 1.807) is 11.5 Å². The molecule has 0 amide bonds. The van der Waals surface area contributed by atoms with Gasteiger partial charge in [0.1, 0.15) is 0 Å². The van der Waals surface area contributed by atoms with Gasteiger partial charge in [0.2, 0.25) is 5.43 Å². The molecule has 0 atom stereocenters. The van der Waals surface area contributed by atoms with Crippen LogP contribution >= 0.6 is 0 Å². The molecule has 0 bridgehead atoms. The van der Waals surface area contributed by atoms with E-state index in [9.17, 15) is 14.7 Å². The Kier molecular flexibility index (Phi) is 7.11. The van der Waals surface area contributed by atoms with E-state index in [-0.39, 0.29) is 18.7 Å². The number of aromatic hydroxyl groups is 1. The van der Waals surface area contributed by atoms with E-state index in [1.165, 1.54) is 6.07 Å². The molecule has 1 rings (SSSR count). The van der Waals surface area contributed by atoms with Crippen molar-refractivity contribution in [3.8, 4) is 5.75 Å². The van der Waals surface area contributed by atoms with Crippen LogP contribution in [0.25, 0.3) is 0 Å². The first-order valence-corrected chi connectivity index (χ1v) is 7.77. The number of carboxylic acids is 1. The van der Waals surface area contributed by atoms with Gasteiger partial charge >= 0.3 is 5.97 Å². The van der Waals surface area contributed by atoms with Crippen molar-refractivity contribution in [3.63, 3.8) is 0 Å². The Morgan fingerprint density at radius 1 is 1.27 bits per heavy atom. The number of aryl methyl sites for hydroxylation is 1. The molecule has 0 radical (unpaired) electrons. The third kappa shape index (κ3) is 4.87. The number of hydrogen-bond donors (Lipinski definition) is 2. The van der Waals surface area contributed by atoms with E-state index in [1.807, 2.05) is 0 Å². The summed E-state index contributed by atoms with van der Waals surface area (Å²) in [5.41, 5.74) is 0.771. The molecule has 124 valence electrons. The summed E-state index contributed by atoms with van der Waals surface area (Å²) in [4.78, 5) is 24.8. The third-order valence-corrected chi connectivity index (χ3v) is 3.60. The summed E-state index contributed by atoms with van der Waals surface area (Å²) in [6.45, 7) is 8.35. The zero-order chi connectivity index (χ0) is 16.7. The van der Waals surface area contributed by atoms with Gasteiger partial charge in [-0.3, -0.25) is 14.5 Å². The summed E-state index contributed by atoms with van der Waals surface area (Å²) >= 11 is 0.